The van der Waals surface area contributed by atoms with Crippen molar-refractivity contribution in [2.45, 2.75) is 51.1 Å². The van der Waals surface area contributed by atoms with E-state index < -0.39 is 10.0 Å². The van der Waals surface area contributed by atoms with Crippen molar-refractivity contribution >= 4 is 15.9 Å². The third-order valence-corrected chi connectivity index (χ3v) is 5.94. The molecule has 0 radical (unpaired) electrons. The van der Waals surface area contributed by atoms with Crippen LogP contribution in [-0.4, -0.2) is 44.3 Å². The van der Waals surface area contributed by atoms with Crippen molar-refractivity contribution in [3.05, 3.63) is 29.8 Å². The summed E-state index contributed by atoms with van der Waals surface area (Å²) in [5.74, 6) is 0.185. The summed E-state index contributed by atoms with van der Waals surface area (Å²) in [5.41, 5.74) is 6.11. The molecule has 1 amide bonds. The summed E-state index contributed by atoms with van der Waals surface area (Å²) in [6.45, 7) is 8.12. The number of carbonyl (C=O) groups excluding carboxylic acids is 1. The highest BCUT2D eigenvalue weighted by molar-refractivity contribution is 7.89. The number of hydrogen-bond acceptors (Lipinski definition) is 4. The zero-order valence-electron chi connectivity index (χ0n) is 15.1. The molecule has 1 rings (SSSR count). The Morgan fingerprint density at radius 1 is 1.17 bits per heavy atom. The van der Waals surface area contributed by atoms with Crippen LogP contribution in [0.2, 0.25) is 0 Å². The SMILES string of the molecule is CC(C)CC(CN)NC(=O)c1ccc(S(=O)(=O)N(C)C(C)C)cc1. The van der Waals surface area contributed by atoms with E-state index in [9.17, 15) is 13.2 Å². The zero-order chi connectivity index (χ0) is 18.5. The standard InChI is InChI=1S/C17H29N3O3S/c1-12(2)10-15(11-18)19-17(21)14-6-8-16(9-7-14)24(22,23)20(5)13(3)4/h6-9,12-13,15H,10-11,18H2,1-5H3,(H,19,21). The molecular weight excluding hydrogens is 326 g/mol. The molecule has 24 heavy (non-hydrogen) atoms. The van der Waals surface area contributed by atoms with Crippen molar-refractivity contribution in [1.82, 2.24) is 9.62 Å². The second-order valence-electron chi connectivity index (χ2n) is 6.68. The first-order chi connectivity index (χ1) is 11.1. The van der Waals surface area contributed by atoms with Crippen molar-refractivity contribution < 1.29 is 13.2 Å². The lowest BCUT2D eigenvalue weighted by Crippen LogP contribution is -2.41. The smallest absolute Gasteiger partial charge is 0.251 e. The first-order valence-corrected chi connectivity index (χ1v) is 9.62. The van der Waals surface area contributed by atoms with E-state index in [0.717, 1.165) is 6.42 Å². The summed E-state index contributed by atoms with van der Waals surface area (Å²) in [7, 11) is -2.00. The fraction of sp³-hybridized carbons (Fsp3) is 0.588. The Morgan fingerprint density at radius 2 is 1.71 bits per heavy atom. The molecule has 1 atom stereocenters. The molecule has 1 unspecified atom stereocenters. The van der Waals surface area contributed by atoms with E-state index in [1.54, 1.807) is 20.9 Å². The Morgan fingerprint density at radius 3 is 2.12 bits per heavy atom. The number of amides is 1. The van der Waals surface area contributed by atoms with Gasteiger partial charge >= 0.3 is 0 Å². The van der Waals surface area contributed by atoms with E-state index in [1.807, 2.05) is 0 Å². The molecular formula is C17H29N3O3S. The van der Waals surface area contributed by atoms with Crippen LogP contribution in [0.15, 0.2) is 29.2 Å². The molecule has 0 saturated carbocycles. The van der Waals surface area contributed by atoms with Crippen LogP contribution in [0.5, 0.6) is 0 Å². The molecule has 6 nitrogen and oxygen atoms in total. The molecule has 136 valence electrons. The first-order valence-electron chi connectivity index (χ1n) is 8.18. The fourth-order valence-electron chi connectivity index (χ4n) is 2.27. The lowest BCUT2D eigenvalue weighted by Gasteiger charge is -2.21. The number of benzene rings is 1. The Kier molecular flexibility index (Phi) is 7.38. The normalized spacial score (nSPS) is 13.5. The van der Waals surface area contributed by atoms with Gasteiger partial charge in [-0.05, 0) is 50.5 Å². The van der Waals surface area contributed by atoms with Crippen LogP contribution >= 0.6 is 0 Å². The predicted molar refractivity (Wildman–Crippen MR) is 96.3 cm³/mol. The zero-order valence-corrected chi connectivity index (χ0v) is 15.9. The van der Waals surface area contributed by atoms with Crippen LogP contribution in [-0.2, 0) is 10.0 Å². The second kappa shape index (κ2) is 8.60. The monoisotopic (exact) mass is 355 g/mol. The number of nitrogens with zero attached hydrogens (tertiary/aromatic N) is 1. The molecule has 0 aromatic heterocycles. The van der Waals surface area contributed by atoms with Gasteiger partial charge in [0.1, 0.15) is 0 Å². The number of hydrogen-bond donors (Lipinski definition) is 2. The summed E-state index contributed by atoms with van der Waals surface area (Å²) in [6, 6.07) is 5.75. The quantitative estimate of drug-likeness (QED) is 0.744. The molecule has 1 aromatic rings. The number of nitrogens with one attached hydrogen (secondary N) is 1. The van der Waals surface area contributed by atoms with Crippen LogP contribution in [0, 0.1) is 5.92 Å². The third-order valence-electron chi connectivity index (χ3n) is 3.90. The molecule has 0 aliphatic carbocycles. The molecule has 0 spiro atoms. The largest absolute Gasteiger partial charge is 0.348 e. The summed E-state index contributed by atoms with van der Waals surface area (Å²) < 4.78 is 26.1. The maximum Gasteiger partial charge on any atom is 0.251 e. The van der Waals surface area contributed by atoms with Gasteiger partial charge in [-0.15, -0.1) is 0 Å². The lowest BCUT2D eigenvalue weighted by molar-refractivity contribution is 0.0933. The molecule has 0 aliphatic rings. The van der Waals surface area contributed by atoms with Crippen molar-refractivity contribution in [1.29, 1.82) is 0 Å². The van der Waals surface area contributed by atoms with Crippen LogP contribution in [0.25, 0.3) is 0 Å². The Bertz CT molecular complexity index is 640. The minimum absolute atomic E-state index is 0.0898. The van der Waals surface area contributed by atoms with E-state index in [-0.39, 0.29) is 22.9 Å². The molecule has 0 saturated heterocycles. The summed E-state index contributed by atoms with van der Waals surface area (Å²) in [5, 5.41) is 2.89. The second-order valence-corrected chi connectivity index (χ2v) is 8.67. The maximum atomic E-state index is 12.4. The maximum absolute atomic E-state index is 12.4. The highest BCUT2D eigenvalue weighted by Crippen LogP contribution is 2.17. The fourth-order valence-corrected chi connectivity index (χ4v) is 3.64. The van der Waals surface area contributed by atoms with Crippen LogP contribution in [0.1, 0.15) is 44.5 Å². The average molecular weight is 356 g/mol. The molecule has 0 heterocycles. The lowest BCUT2D eigenvalue weighted by atomic mass is 10.0. The Hall–Kier alpha value is -1.44. The van der Waals surface area contributed by atoms with Gasteiger partial charge < -0.3 is 11.1 Å². The van der Waals surface area contributed by atoms with Gasteiger partial charge in [0.25, 0.3) is 5.91 Å². The summed E-state index contributed by atoms with van der Waals surface area (Å²) in [4.78, 5) is 12.4. The topological polar surface area (TPSA) is 92.5 Å². The van der Waals surface area contributed by atoms with Crippen LogP contribution in [0.3, 0.4) is 0 Å². The van der Waals surface area contributed by atoms with Crippen molar-refractivity contribution in [2.24, 2.45) is 11.7 Å². The van der Waals surface area contributed by atoms with Gasteiger partial charge in [0.05, 0.1) is 4.90 Å². The Labute approximate surface area is 145 Å². The average Bonchev–Trinajstić information content (AvgIpc) is 2.52. The van der Waals surface area contributed by atoms with E-state index in [1.165, 1.54) is 28.6 Å². The van der Waals surface area contributed by atoms with Crippen molar-refractivity contribution in [2.75, 3.05) is 13.6 Å². The number of carbonyl (C=O) groups is 1. The summed E-state index contributed by atoms with van der Waals surface area (Å²) in [6.07, 6.45) is 0.799. The molecule has 0 aliphatic heterocycles. The van der Waals surface area contributed by atoms with E-state index >= 15 is 0 Å². The number of rotatable bonds is 8. The minimum atomic E-state index is -3.54. The molecule has 3 N–H and O–H groups in total. The van der Waals surface area contributed by atoms with Gasteiger partial charge in [-0.25, -0.2) is 8.42 Å². The van der Waals surface area contributed by atoms with E-state index in [2.05, 4.69) is 19.2 Å². The number of sulfonamides is 1. The van der Waals surface area contributed by atoms with Gasteiger partial charge in [0.15, 0.2) is 0 Å². The minimum Gasteiger partial charge on any atom is -0.348 e. The molecule has 1 aromatic carbocycles. The number of nitrogens with two attached hydrogens (primary N) is 1. The van der Waals surface area contributed by atoms with Gasteiger partial charge in [-0.3, -0.25) is 4.79 Å². The molecule has 0 fully saturated rings. The predicted octanol–water partition coefficient (Wildman–Crippen LogP) is 1.82. The van der Waals surface area contributed by atoms with E-state index in [0.29, 0.717) is 18.0 Å². The van der Waals surface area contributed by atoms with Gasteiger partial charge in [0, 0.05) is 31.2 Å². The van der Waals surface area contributed by atoms with Crippen LogP contribution < -0.4 is 11.1 Å². The highest BCUT2D eigenvalue weighted by atomic mass is 32.2. The van der Waals surface area contributed by atoms with Crippen molar-refractivity contribution in [3.8, 4) is 0 Å². The first kappa shape index (κ1) is 20.6. The molecule has 0 bridgehead atoms. The van der Waals surface area contributed by atoms with Gasteiger partial charge in [-0.1, -0.05) is 13.8 Å². The van der Waals surface area contributed by atoms with Gasteiger partial charge in [0.2, 0.25) is 10.0 Å². The highest BCUT2D eigenvalue weighted by Gasteiger charge is 2.23. The van der Waals surface area contributed by atoms with Crippen LogP contribution in [0.4, 0.5) is 0 Å². The van der Waals surface area contributed by atoms with E-state index in [4.69, 9.17) is 5.73 Å². The van der Waals surface area contributed by atoms with Crippen molar-refractivity contribution in [3.63, 3.8) is 0 Å². The third kappa shape index (κ3) is 5.29. The van der Waals surface area contributed by atoms with Gasteiger partial charge in [-0.2, -0.15) is 4.31 Å². The molecule has 7 heteroatoms. The summed E-state index contributed by atoms with van der Waals surface area (Å²) >= 11 is 0. The Balaban J connectivity index is 2.89.